The molecular weight excluding hydrogens is 309 g/mol. The van der Waals surface area contributed by atoms with Crippen LogP contribution in [0.25, 0.3) is 11.1 Å². The Kier molecular flexibility index (Phi) is 3.35. The van der Waals surface area contributed by atoms with Crippen molar-refractivity contribution in [3.05, 3.63) is 52.8 Å². The van der Waals surface area contributed by atoms with Crippen molar-refractivity contribution in [2.75, 3.05) is 18.9 Å². The fourth-order valence-electron chi connectivity index (χ4n) is 3.53. The number of nitrogens with one attached hydrogen (secondary N) is 1. The average Bonchev–Trinajstić information content (AvgIpc) is 2.89. The molecule has 122 valence electrons. The Morgan fingerprint density at radius 2 is 2.08 bits per heavy atom. The van der Waals surface area contributed by atoms with Gasteiger partial charge in [-0.2, -0.15) is 0 Å². The van der Waals surface area contributed by atoms with Crippen LogP contribution in [-0.2, 0) is 17.8 Å². The van der Waals surface area contributed by atoms with Crippen molar-refractivity contribution in [2.45, 2.75) is 13.0 Å². The summed E-state index contributed by atoms with van der Waals surface area (Å²) < 4.78 is 13.7. The van der Waals surface area contributed by atoms with Gasteiger partial charge in [0.25, 0.3) is 5.91 Å². The van der Waals surface area contributed by atoms with E-state index in [0.29, 0.717) is 17.8 Å². The van der Waals surface area contributed by atoms with Gasteiger partial charge in [0.1, 0.15) is 5.82 Å². The number of rotatable bonds is 1. The van der Waals surface area contributed by atoms with Gasteiger partial charge in [-0.3, -0.25) is 4.79 Å². The summed E-state index contributed by atoms with van der Waals surface area (Å²) in [7, 11) is 2.02. The standard InChI is InChI=1S/C18H16FN3O2/c1-22-6-5-12-13(10-3-2-4-11(19)7-10)8-14-16(15(12)9-22)20-18(23)17(14)21-24/h2-4,7-8,24H,5-6,9H2,1H3,(H,20,21,23). The molecule has 0 bridgehead atoms. The minimum atomic E-state index is -0.417. The molecule has 2 aliphatic heterocycles. The van der Waals surface area contributed by atoms with Crippen LogP contribution in [0.5, 0.6) is 0 Å². The maximum Gasteiger partial charge on any atom is 0.278 e. The van der Waals surface area contributed by atoms with Crippen LogP contribution in [-0.4, -0.2) is 35.3 Å². The van der Waals surface area contributed by atoms with E-state index in [1.54, 1.807) is 6.07 Å². The van der Waals surface area contributed by atoms with Crippen molar-refractivity contribution in [3.8, 4) is 11.1 Å². The third-order valence-corrected chi connectivity index (χ3v) is 4.67. The van der Waals surface area contributed by atoms with Gasteiger partial charge in [0, 0.05) is 18.7 Å². The highest BCUT2D eigenvalue weighted by atomic mass is 19.1. The van der Waals surface area contributed by atoms with Gasteiger partial charge in [-0.05, 0) is 53.9 Å². The minimum Gasteiger partial charge on any atom is -0.410 e. The van der Waals surface area contributed by atoms with Crippen molar-refractivity contribution in [1.82, 2.24) is 4.90 Å². The molecular formula is C18H16FN3O2. The Bertz CT molecular complexity index is 892. The number of hydrogen-bond acceptors (Lipinski definition) is 4. The molecule has 2 aromatic carbocycles. The highest BCUT2D eigenvalue weighted by Crippen LogP contribution is 2.40. The van der Waals surface area contributed by atoms with Gasteiger partial charge in [0.15, 0.2) is 5.71 Å². The first-order valence-electron chi connectivity index (χ1n) is 7.75. The van der Waals surface area contributed by atoms with Gasteiger partial charge in [0.2, 0.25) is 0 Å². The lowest BCUT2D eigenvalue weighted by molar-refractivity contribution is -0.110. The molecule has 2 heterocycles. The van der Waals surface area contributed by atoms with E-state index in [2.05, 4.69) is 15.4 Å². The maximum atomic E-state index is 13.7. The molecule has 2 aliphatic rings. The predicted octanol–water partition coefficient (Wildman–Crippen LogP) is 2.61. The molecule has 0 unspecified atom stereocenters. The fraction of sp³-hybridized carbons (Fsp3) is 0.222. The van der Waals surface area contributed by atoms with E-state index in [9.17, 15) is 14.4 Å². The van der Waals surface area contributed by atoms with E-state index in [0.717, 1.165) is 35.2 Å². The van der Waals surface area contributed by atoms with Gasteiger partial charge >= 0.3 is 0 Å². The van der Waals surface area contributed by atoms with Crippen molar-refractivity contribution in [1.29, 1.82) is 0 Å². The molecule has 0 saturated heterocycles. The monoisotopic (exact) mass is 325 g/mol. The quantitative estimate of drug-likeness (QED) is 0.626. The van der Waals surface area contributed by atoms with E-state index < -0.39 is 5.91 Å². The lowest BCUT2D eigenvalue weighted by atomic mass is 9.87. The second-order valence-electron chi connectivity index (χ2n) is 6.20. The lowest BCUT2D eigenvalue weighted by Crippen LogP contribution is -2.27. The van der Waals surface area contributed by atoms with Crippen LogP contribution in [0.15, 0.2) is 35.5 Å². The van der Waals surface area contributed by atoms with Crippen LogP contribution in [0.4, 0.5) is 10.1 Å². The second-order valence-corrected chi connectivity index (χ2v) is 6.20. The number of anilines is 1. The van der Waals surface area contributed by atoms with E-state index >= 15 is 0 Å². The zero-order chi connectivity index (χ0) is 16.8. The number of amides is 1. The number of carbonyl (C=O) groups excluding carboxylic acids is 1. The molecule has 0 fully saturated rings. The number of fused-ring (bicyclic) bond motifs is 3. The van der Waals surface area contributed by atoms with Crippen molar-refractivity contribution >= 4 is 17.3 Å². The first-order valence-corrected chi connectivity index (χ1v) is 7.75. The SMILES string of the molecule is CN1CCc2c(-c3cccc(F)c3)cc3c(c2C1)NC(=O)/C3=N\O. The number of benzene rings is 2. The molecule has 0 spiro atoms. The number of nitrogens with zero attached hydrogens (tertiary/aromatic N) is 2. The van der Waals surface area contributed by atoms with Crippen molar-refractivity contribution in [3.63, 3.8) is 0 Å². The van der Waals surface area contributed by atoms with Crippen LogP contribution >= 0.6 is 0 Å². The van der Waals surface area contributed by atoms with Gasteiger partial charge in [-0.15, -0.1) is 0 Å². The Morgan fingerprint density at radius 1 is 1.25 bits per heavy atom. The number of likely N-dealkylation sites (N-methyl/N-ethyl adjacent to an activating group) is 1. The summed E-state index contributed by atoms with van der Waals surface area (Å²) in [6, 6.07) is 8.23. The van der Waals surface area contributed by atoms with E-state index in [-0.39, 0.29) is 11.5 Å². The zero-order valence-electron chi connectivity index (χ0n) is 13.1. The van der Waals surface area contributed by atoms with Crippen molar-refractivity contribution < 1.29 is 14.4 Å². The third-order valence-electron chi connectivity index (χ3n) is 4.67. The lowest BCUT2D eigenvalue weighted by Gasteiger charge is -2.29. The Morgan fingerprint density at radius 3 is 2.83 bits per heavy atom. The Hall–Kier alpha value is -2.73. The van der Waals surface area contributed by atoms with E-state index in [1.165, 1.54) is 12.1 Å². The van der Waals surface area contributed by atoms with Gasteiger partial charge in [-0.25, -0.2) is 4.39 Å². The van der Waals surface area contributed by atoms with Gasteiger partial charge in [-0.1, -0.05) is 17.3 Å². The molecule has 0 saturated carbocycles. The third kappa shape index (κ3) is 2.18. The average molecular weight is 325 g/mol. The number of halogens is 1. The summed E-state index contributed by atoms with van der Waals surface area (Å²) in [5, 5.41) is 15.2. The largest absolute Gasteiger partial charge is 0.410 e. The molecule has 0 aromatic heterocycles. The topological polar surface area (TPSA) is 64.9 Å². The Balaban J connectivity index is 2.00. The summed E-state index contributed by atoms with van der Waals surface area (Å²) in [6.45, 7) is 1.57. The van der Waals surface area contributed by atoms with Crippen LogP contribution in [0.2, 0.25) is 0 Å². The summed E-state index contributed by atoms with van der Waals surface area (Å²) in [6.07, 6.45) is 0.812. The maximum absolute atomic E-state index is 13.7. The smallest absolute Gasteiger partial charge is 0.278 e. The normalized spacial score (nSPS) is 18.4. The zero-order valence-corrected chi connectivity index (χ0v) is 13.1. The van der Waals surface area contributed by atoms with E-state index in [1.807, 2.05) is 19.2 Å². The second kappa shape index (κ2) is 5.42. The molecule has 1 amide bonds. The molecule has 24 heavy (non-hydrogen) atoms. The molecule has 4 rings (SSSR count). The highest BCUT2D eigenvalue weighted by molar-refractivity contribution is 6.54. The molecule has 0 radical (unpaired) electrons. The van der Waals surface area contributed by atoms with Crippen LogP contribution in [0, 0.1) is 5.82 Å². The number of carbonyl (C=O) groups is 1. The molecule has 6 heteroatoms. The van der Waals surface area contributed by atoms with Gasteiger partial charge in [0.05, 0.1) is 5.69 Å². The summed E-state index contributed by atoms with van der Waals surface area (Å²) >= 11 is 0. The number of hydrogen-bond donors (Lipinski definition) is 2. The number of oxime groups is 1. The van der Waals surface area contributed by atoms with Crippen LogP contribution < -0.4 is 5.32 Å². The highest BCUT2D eigenvalue weighted by Gasteiger charge is 2.33. The Labute approximate surface area is 138 Å². The van der Waals surface area contributed by atoms with Crippen molar-refractivity contribution in [2.24, 2.45) is 5.16 Å². The molecule has 0 aliphatic carbocycles. The molecule has 0 atom stereocenters. The molecule has 2 N–H and O–H groups in total. The predicted molar refractivity (Wildman–Crippen MR) is 88.8 cm³/mol. The van der Waals surface area contributed by atoms with Gasteiger partial charge < -0.3 is 15.4 Å². The summed E-state index contributed by atoms with van der Waals surface area (Å²) in [5.74, 6) is -0.723. The first kappa shape index (κ1) is 14.8. The summed E-state index contributed by atoms with van der Waals surface area (Å²) in [4.78, 5) is 14.2. The first-order chi connectivity index (χ1) is 11.6. The van der Waals surface area contributed by atoms with E-state index in [4.69, 9.17) is 0 Å². The van der Waals surface area contributed by atoms with Crippen LogP contribution in [0.3, 0.4) is 0 Å². The fourth-order valence-corrected chi connectivity index (χ4v) is 3.53. The minimum absolute atomic E-state index is 0.00122. The molecule has 5 nitrogen and oxygen atoms in total. The summed E-state index contributed by atoms with van der Waals surface area (Å²) in [5.41, 5.74) is 5.03. The molecule has 2 aromatic rings. The van der Waals surface area contributed by atoms with Crippen LogP contribution in [0.1, 0.15) is 16.7 Å².